The average Bonchev–Trinajstić information content (AvgIpc) is 2.29. The number of benzene rings is 1. The Morgan fingerprint density at radius 2 is 2.18 bits per heavy atom. The van der Waals surface area contributed by atoms with Gasteiger partial charge in [-0.05, 0) is 25.5 Å². The van der Waals surface area contributed by atoms with E-state index in [1.54, 1.807) is 13.0 Å². The second-order valence-corrected chi connectivity index (χ2v) is 3.46. The van der Waals surface area contributed by atoms with Crippen molar-refractivity contribution in [3.05, 3.63) is 35.4 Å². The first-order valence-electron chi connectivity index (χ1n) is 4.97. The van der Waals surface area contributed by atoms with Gasteiger partial charge in [0, 0.05) is 11.6 Å². The van der Waals surface area contributed by atoms with Crippen LogP contribution in [-0.4, -0.2) is 13.1 Å². The number of rotatable bonds is 3. The van der Waals surface area contributed by atoms with Crippen LogP contribution >= 0.6 is 0 Å². The maximum absolute atomic E-state index is 11.1. The second kappa shape index (κ2) is 5.17. The summed E-state index contributed by atoms with van der Waals surface area (Å²) in [6, 6.07) is 3.61. The van der Waals surface area contributed by atoms with Crippen LogP contribution in [0.25, 0.3) is 0 Å². The van der Waals surface area contributed by atoms with E-state index in [9.17, 15) is 4.79 Å². The minimum Gasteiger partial charge on any atom is -0.496 e. The molecule has 0 unspecified atom stereocenters. The zero-order valence-electron chi connectivity index (χ0n) is 10.0. The molecule has 0 fully saturated rings. The number of methoxy groups -OCH3 is 1. The molecular weight excluding hydrogens is 218 g/mol. The Bertz CT molecular complexity index is 512. The zero-order chi connectivity index (χ0) is 13.0. The first-order valence-corrected chi connectivity index (χ1v) is 4.97. The largest absolute Gasteiger partial charge is 0.496 e. The van der Waals surface area contributed by atoms with Gasteiger partial charge in [-0.15, -0.1) is 0 Å². The van der Waals surface area contributed by atoms with E-state index in [1.165, 1.54) is 7.11 Å². The van der Waals surface area contributed by atoms with E-state index >= 15 is 0 Å². The van der Waals surface area contributed by atoms with Crippen molar-refractivity contribution in [1.82, 2.24) is 0 Å². The summed E-state index contributed by atoms with van der Waals surface area (Å²) < 4.78 is 10.2. The molecule has 0 saturated heterocycles. The maximum Gasteiger partial charge on any atom is 0.335 e. The maximum atomic E-state index is 11.1. The van der Waals surface area contributed by atoms with Crippen LogP contribution in [0.15, 0.2) is 18.7 Å². The number of hydrogen-bond acceptors (Lipinski definition) is 4. The highest BCUT2D eigenvalue weighted by molar-refractivity contribution is 5.84. The molecule has 0 amide bonds. The molecule has 1 aromatic carbocycles. The van der Waals surface area contributed by atoms with Gasteiger partial charge in [0.2, 0.25) is 0 Å². The van der Waals surface area contributed by atoms with Gasteiger partial charge in [-0.1, -0.05) is 6.58 Å². The Morgan fingerprint density at radius 3 is 2.65 bits per heavy atom. The molecule has 4 nitrogen and oxygen atoms in total. The second-order valence-electron chi connectivity index (χ2n) is 3.46. The van der Waals surface area contributed by atoms with Crippen molar-refractivity contribution in [2.45, 2.75) is 13.8 Å². The molecule has 0 atom stereocenters. The van der Waals surface area contributed by atoms with Crippen LogP contribution in [0.1, 0.15) is 16.7 Å². The third-order valence-electron chi connectivity index (χ3n) is 2.36. The third kappa shape index (κ3) is 2.45. The van der Waals surface area contributed by atoms with Gasteiger partial charge in [-0.25, -0.2) is 4.79 Å². The Balaban J connectivity index is 3.37. The Kier molecular flexibility index (Phi) is 3.89. The number of esters is 1. The first-order chi connectivity index (χ1) is 8.04. The van der Waals surface area contributed by atoms with E-state index in [2.05, 4.69) is 6.58 Å². The van der Waals surface area contributed by atoms with E-state index in [0.29, 0.717) is 16.9 Å². The topological polar surface area (TPSA) is 59.3 Å². The normalized spacial score (nSPS) is 9.29. The Hall–Kier alpha value is -2.28. The summed E-state index contributed by atoms with van der Waals surface area (Å²) in [6.45, 7) is 6.87. The fourth-order valence-corrected chi connectivity index (χ4v) is 1.61. The lowest BCUT2D eigenvalue weighted by atomic mass is 10.0. The molecule has 1 rings (SSSR count). The molecule has 0 bridgehead atoms. The predicted molar refractivity (Wildman–Crippen MR) is 63.0 cm³/mol. The Labute approximate surface area is 100 Å². The zero-order valence-corrected chi connectivity index (χ0v) is 10.0. The highest BCUT2D eigenvalue weighted by atomic mass is 16.5. The van der Waals surface area contributed by atoms with E-state index < -0.39 is 5.97 Å². The van der Waals surface area contributed by atoms with Crippen LogP contribution in [0.4, 0.5) is 0 Å². The highest BCUT2D eigenvalue weighted by Crippen LogP contribution is 2.33. The van der Waals surface area contributed by atoms with Crippen LogP contribution in [-0.2, 0) is 4.79 Å². The quantitative estimate of drug-likeness (QED) is 0.455. The number of nitriles is 1. The van der Waals surface area contributed by atoms with Gasteiger partial charge < -0.3 is 9.47 Å². The van der Waals surface area contributed by atoms with E-state index in [1.807, 2.05) is 13.0 Å². The molecule has 0 heterocycles. The van der Waals surface area contributed by atoms with Crippen molar-refractivity contribution in [3.8, 4) is 17.6 Å². The van der Waals surface area contributed by atoms with Crippen molar-refractivity contribution >= 4 is 5.97 Å². The van der Waals surface area contributed by atoms with Gasteiger partial charge >= 0.3 is 5.97 Å². The van der Waals surface area contributed by atoms with E-state index in [-0.39, 0.29) is 5.75 Å². The third-order valence-corrected chi connectivity index (χ3v) is 2.36. The van der Waals surface area contributed by atoms with Gasteiger partial charge in [0.05, 0.1) is 7.11 Å². The Morgan fingerprint density at radius 1 is 1.53 bits per heavy atom. The summed E-state index contributed by atoms with van der Waals surface area (Å²) in [7, 11) is 1.53. The minimum atomic E-state index is -0.592. The molecule has 0 aromatic heterocycles. The molecule has 88 valence electrons. The number of carbonyl (C=O) groups is 1. The molecule has 0 aliphatic heterocycles. The van der Waals surface area contributed by atoms with Crippen molar-refractivity contribution in [2.24, 2.45) is 0 Å². The molecule has 0 aliphatic rings. The van der Waals surface area contributed by atoms with Gasteiger partial charge in [0.1, 0.15) is 23.1 Å². The summed E-state index contributed by atoms with van der Waals surface area (Å²) in [5, 5.41) is 9.07. The minimum absolute atomic E-state index is 0.230. The number of nitrogens with zero attached hydrogens (tertiary/aromatic N) is 1. The van der Waals surface area contributed by atoms with Gasteiger partial charge in [-0.2, -0.15) is 5.26 Å². The smallest absolute Gasteiger partial charge is 0.335 e. The summed E-state index contributed by atoms with van der Waals surface area (Å²) in [6.07, 6.45) is 1.05. The summed E-state index contributed by atoms with van der Waals surface area (Å²) in [4.78, 5) is 11.1. The molecule has 4 heteroatoms. The fourth-order valence-electron chi connectivity index (χ4n) is 1.61. The lowest BCUT2D eigenvalue weighted by Crippen LogP contribution is -2.06. The van der Waals surface area contributed by atoms with Crippen LogP contribution in [0.3, 0.4) is 0 Å². The molecule has 0 N–H and O–H groups in total. The van der Waals surface area contributed by atoms with Gasteiger partial charge in [-0.3, -0.25) is 0 Å². The lowest BCUT2D eigenvalue weighted by Gasteiger charge is -2.13. The van der Waals surface area contributed by atoms with Gasteiger partial charge in [0.25, 0.3) is 0 Å². The predicted octanol–water partition coefficient (Wildman–Crippen LogP) is 2.28. The van der Waals surface area contributed by atoms with Crippen molar-refractivity contribution in [2.75, 3.05) is 7.11 Å². The molecule has 17 heavy (non-hydrogen) atoms. The van der Waals surface area contributed by atoms with Crippen LogP contribution in [0.5, 0.6) is 11.5 Å². The van der Waals surface area contributed by atoms with Crippen molar-refractivity contribution in [3.63, 3.8) is 0 Å². The van der Waals surface area contributed by atoms with E-state index in [0.717, 1.165) is 11.6 Å². The molecule has 0 saturated carbocycles. The molecule has 0 spiro atoms. The number of carbonyl (C=O) groups excluding carboxylic acids is 1. The summed E-state index contributed by atoms with van der Waals surface area (Å²) >= 11 is 0. The summed E-state index contributed by atoms with van der Waals surface area (Å²) in [5.41, 5.74) is 1.75. The van der Waals surface area contributed by atoms with Crippen molar-refractivity contribution < 1.29 is 14.3 Å². The van der Waals surface area contributed by atoms with E-state index in [4.69, 9.17) is 14.7 Å². The molecule has 1 aromatic rings. The highest BCUT2D eigenvalue weighted by Gasteiger charge is 2.16. The molecule has 0 radical (unpaired) electrons. The first kappa shape index (κ1) is 12.8. The standard InChI is InChI=1S/C13H13NO3/c1-5-12(15)17-11-6-8(2)13(16-4)9(3)10(11)7-14/h5-6H,1H2,2-4H3. The molecular formula is C13H13NO3. The fraction of sp³-hybridized carbons (Fsp3) is 0.231. The number of hydrogen-bond donors (Lipinski definition) is 0. The number of aryl methyl sites for hydroxylation is 1. The monoisotopic (exact) mass is 231 g/mol. The van der Waals surface area contributed by atoms with Crippen molar-refractivity contribution in [1.29, 1.82) is 5.26 Å². The molecule has 0 aliphatic carbocycles. The summed E-state index contributed by atoms with van der Waals surface area (Å²) in [5.74, 6) is 0.263. The lowest BCUT2D eigenvalue weighted by molar-refractivity contribution is -0.128. The van der Waals surface area contributed by atoms with Crippen LogP contribution in [0.2, 0.25) is 0 Å². The van der Waals surface area contributed by atoms with Crippen LogP contribution < -0.4 is 9.47 Å². The number of ether oxygens (including phenoxy) is 2. The average molecular weight is 231 g/mol. The van der Waals surface area contributed by atoms with Gasteiger partial charge in [0.15, 0.2) is 0 Å². The SMILES string of the molecule is C=CC(=O)Oc1cc(C)c(OC)c(C)c1C#N. The van der Waals surface area contributed by atoms with Crippen LogP contribution in [0, 0.1) is 25.2 Å².